The molecule has 2 amide bonds. The lowest BCUT2D eigenvalue weighted by molar-refractivity contribution is 0.255. The summed E-state index contributed by atoms with van der Waals surface area (Å²) >= 11 is 0. The molecule has 0 aliphatic carbocycles. The van der Waals surface area contributed by atoms with E-state index >= 15 is 0 Å². The highest BCUT2D eigenvalue weighted by Gasteiger charge is 2.21. The molecule has 0 saturated carbocycles. The molecule has 2 heterocycles. The lowest BCUT2D eigenvalue weighted by atomic mass is 10.2. The fraction of sp³-hybridized carbons (Fsp3) is 0.143. The number of nitrogens with one attached hydrogen (secondary N) is 2. The molecule has 0 radical (unpaired) electrons. The number of carbonyl (C=O) groups is 1. The lowest BCUT2D eigenvalue weighted by Gasteiger charge is -2.10. The maximum Gasteiger partial charge on any atom is 0.411 e. The first-order valence-corrected chi connectivity index (χ1v) is 8.92. The average molecular weight is 407 g/mol. The average Bonchev–Trinajstić information content (AvgIpc) is 3.15. The van der Waals surface area contributed by atoms with Gasteiger partial charge in [-0.3, -0.25) is 5.32 Å². The van der Waals surface area contributed by atoms with Gasteiger partial charge in [-0.2, -0.15) is 23.4 Å². The van der Waals surface area contributed by atoms with E-state index in [-0.39, 0.29) is 35.0 Å². The van der Waals surface area contributed by atoms with Gasteiger partial charge in [0.05, 0.1) is 12.7 Å². The number of amides is 2. The van der Waals surface area contributed by atoms with Crippen LogP contribution in [0.15, 0.2) is 35.1 Å². The highest BCUT2D eigenvalue weighted by molar-refractivity contribution is 7.85. The van der Waals surface area contributed by atoms with E-state index in [2.05, 4.69) is 30.5 Å². The number of methoxy groups -OCH3 is 1. The molecule has 2 aromatic heterocycles. The molecule has 0 bridgehead atoms. The van der Waals surface area contributed by atoms with Gasteiger partial charge in [0, 0.05) is 0 Å². The molecule has 3 rings (SSSR count). The van der Waals surface area contributed by atoms with Crippen LogP contribution >= 0.6 is 0 Å². The Kier molecular flexibility index (Phi) is 5.30. The number of urea groups is 1. The summed E-state index contributed by atoms with van der Waals surface area (Å²) in [4.78, 5) is 23.4. The van der Waals surface area contributed by atoms with Gasteiger partial charge in [0.25, 0.3) is 5.89 Å². The minimum absolute atomic E-state index is 0.0445. The standard InChI is InChI=1S/C14H13N7O6S/c1-8-16-12(19-14(17-8)25-2)18-13(22)21-28(23,24)27-10-6-4-3-5-9(10)11-20-15-7-26-11/h3-7H,1-2H3,(H2,16,17,18,19,21,22). The second-order valence-electron chi connectivity index (χ2n) is 5.03. The quantitative estimate of drug-likeness (QED) is 0.588. The van der Waals surface area contributed by atoms with E-state index in [0.29, 0.717) is 0 Å². The fourth-order valence-corrected chi connectivity index (χ4v) is 2.69. The number of aryl methyl sites for hydroxylation is 1. The molecule has 0 saturated heterocycles. The Balaban J connectivity index is 1.73. The molecule has 0 fully saturated rings. The van der Waals surface area contributed by atoms with Crippen molar-refractivity contribution in [2.24, 2.45) is 0 Å². The summed E-state index contributed by atoms with van der Waals surface area (Å²) in [5.74, 6) is -0.0224. The molecule has 146 valence electrons. The zero-order valence-corrected chi connectivity index (χ0v) is 15.3. The van der Waals surface area contributed by atoms with E-state index < -0.39 is 16.3 Å². The summed E-state index contributed by atoms with van der Waals surface area (Å²) in [5, 5.41) is 9.36. The van der Waals surface area contributed by atoms with Gasteiger partial charge in [0.1, 0.15) is 5.82 Å². The fourth-order valence-electron chi connectivity index (χ4n) is 1.99. The molecule has 0 aliphatic rings. The van der Waals surface area contributed by atoms with Gasteiger partial charge >= 0.3 is 22.3 Å². The zero-order chi connectivity index (χ0) is 20.1. The molecular formula is C14H13N7O6S. The van der Waals surface area contributed by atoms with Crippen molar-refractivity contribution in [3.63, 3.8) is 0 Å². The van der Waals surface area contributed by atoms with E-state index in [9.17, 15) is 13.2 Å². The first-order valence-electron chi connectivity index (χ1n) is 7.52. The molecule has 13 nitrogen and oxygen atoms in total. The molecule has 2 N–H and O–H groups in total. The van der Waals surface area contributed by atoms with Gasteiger partial charge in [-0.15, -0.1) is 10.2 Å². The van der Waals surface area contributed by atoms with E-state index in [4.69, 9.17) is 13.3 Å². The van der Waals surface area contributed by atoms with Gasteiger partial charge in [-0.1, -0.05) is 12.1 Å². The van der Waals surface area contributed by atoms with Crippen molar-refractivity contribution in [2.45, 2.75) is 6.92 Å². The minimum atomic E-state index is -4.55. The Hall–Kier alpha value is -3.81. The molecule has 28 heavy (non-hydrogen) atoms. The molecule has 1 aromatic carbocycles. The number of benzene rings is 1. The molecule has 0 spiro atoms. The van der Waals surface area contributed by atoms with E-state index in [1.165, 1.54) is 25.3 Å². The summed E-state index contributed by atoms with van der Waals surface area (Å²) in [6.45, 7) is 1.54. The number of hydrogen-bond acceptors (Lipinski definition) is 11. The van der Waals surface area contributed by atoms with Crippen molar-refractivity contribution in [1.29, 1.82) is 0 Å². The van der Waals surface area contributed by atoms with Gasteiger partial charge in [0.2, 0.25) is 12.3 Å². The number of hydrogen-bond donors (Lipinski definition) is 2. The lowest BCUT2D eigenvalue weighted by Crippen LogP contribution is -2.37. The minimum Gasteiger partial charge on any atom is -0.467 e. The molecule has 0 aliphatic heterocycles. The molecular weight excluding hydrogens is 394 g/mol. The molecule has 0 atom stereocenters. The molecule has 3 aromatic rings. The van der Waals surface area contributed by atoms with Gasteiger partial charge in [-0.25, -0.2) is 9.52 Å². The summed E-state index contributed by atoms with van der Waals surface area (Å²) < 4.78 is 40.8. The van der Waals surface area contributed by atoms with Crippen LogP contribution < -0.4 is 19.0 Å². The number of para-hydroxylation sites is 1. The molecule has 0 unspecified atom stereocenters. The summed E-state index contributed by atoms with van der Waals surface area (Å²) in [5.41, 5.74) is 0.226. The Labute approximate surface area is 158 Å². The van der Waals surface area contributed by atoms with E-state index in [0.717, 1.165) is 6.39 Å². The highest BCUT2D eigenvalue weighted by atomic mass is 32.2. The number of ether oxygens (including phenoxy) is 1. The Bertz CT molecular complexity index is 1090. The maximum atomic E-state index is 12.2. The largest absolute Gasteiger partial charge is 0.467 e. The SMILES string of the molecule is COc1nc(C)nc(NC(=O)NS(=O)(=O)Oc2ccccc2-c2nnco2)n1. The topological polar surface area (TPSA) is 171 Å². The van der Waals surface area contributed by atoms with Crippen LogP contribution in [0.4, 0.5) is 10.7 Å². The number of rotatable bonds is 6. The van der Waals surface area contributed by atoms with Crippen LogP contribution in [0.1, 0.15) is 5.82 Å². The van der Waals surface area contributed by atoms with E-state index in [1.807, 2.05) is 0 Å². The Morgan fingerprint density at radius 3 is 2.68 bits per heavy atom. The van der Waals surface area contributed by atoms with Crippen LogP contribution in [-0.4, -0.2) is 46.7 Å². The number of carbonyl (C=O) groups excluding carboxylic acids is 1. The third kappa shape index (κ3) is 4.67. The van der Waals surface area contributed by atoms with Crippen LogP contribution in [0.5, 0.6) is 11.8 Å². The second kappa shape index (κ2) is 7.83. The van der Waals surface area contributed by atoms with Crippen LogP contribution in [0.3, 0.4) is 0 Å². The second-order valence-corrected chi connectivity index (χ2v) is 6.31. The van der Waals surface area contributed by atoms with Crippen molar-refractivity contribution in [3.8, 4) is 23.2 Å². The van der Waals surface area contributed by atoms with Crippen LogP contribution in [0.2, 0.25) is 0 Å². The molecule has 14 heteroatoms. The van der Waals surface area contributed by atoms with Crippen LogP contribution in [-0.2, 0) is 10.3 Å². The smallest absolute Gasteiger partial charge is 0.411 e. The summed E-state index contributed by atoms with van der Waals surface area (Å²) in [6.07, 6.45) is 1.08. The van der Waals surface area contributed by atoms with Crippen molar-refractivity contribution < 1.29 is 26.5 Å². The Morgan fingerprint density at radius 1 is 1.18 bits per heavy atom. The predicted octanol–water partition coefficient (Wildman–Crippen LogP) is 0.684. The first kappa shape index (κ1) is 19.0. The number of aromatic nitrogens is 5. The van der Waals surface area contributed by atoms with Crippen molar-refractivity contribution in [3.05, 3.63) is 36.5 Å². The summed E-state index contributed by atoms with van der Waals surface area (Å²) in [6, 6.07) is 4.83. The number of nitrogens with zero attached hydrogens (tertiary/aromatic N) is 5. The van der Waals surface area contributed by atoms with Gasteiger partial charge < -0.3 is 13.3 Å². The monoisotopic (exact) mass is 407 g/mol. The van der Waals surface area contributed by atoms with Crippen molar-refractivity contribution in [2.75, 3.05) is 12.4 Å². The van der Waals surface area contributed by atoms with Crippen LogP contribution in [0, 0.1) is 6.92 Å². The van der Waals surface area contributed by atoms with Crippen molar-refractivity contribution in [1.82, 2.24) is 29.9 Å². The third-order valence-electron chi connectivity index (χ3n) is 3.03. The maximum absolute atomic E-state index is 12.2. The Morgan fingerprint density at radius 2 is 1.96 bits per heavy atom. The zero-order valence-electron chi connectivity index (χ0n) is 14.5. The summed E-state index contributed by atoms with van der Waals surface area (Å²) in [7, 11) is -3.22. The normalized spacial score (nSPS) is 10.9. The number of anilines is 1. The van der Waals surface area contributed by atoms with E-state index in [1.54, 1.807) is 17.7 Å². The first-order chi connectivity index (χ1) is 13.4. The van der Waals surface area contributed by atoms with Gasteiger partial charge in [-0.05, 0) is 19.1 Å². The van der Waals surface area contributed by atoms with Crippen LogP contribution in [0.25, 0.3) is 11.5 Å². The third-order valence-corrected chi connectivity index (χ3v) is 3.86. The highest BCUT2D eigenvalue weighted by Crippen LogP contribution is 2.28. The van der Waals surface area contributed by atoms with Gasteiger partial charge in [0.15, 0.2) is 5.75 Å². The predicted molar refractivity (Wildman–Crippen MR) is 92.6 cm³/mol. The van der Waals surface area contributed by atoms with Crippen molar-refractivity contribution >= 4 is 22.3 Å².